The molecule has 1 fully saturated rings. The number of nitrogens with zero attached hydrogens (tertiary/aromatic N) is 2. The molecule has 0 unspecified atom stereocenters. The van der Waals surface area contributed by atoms with Crippen molar-refractivity contribution in [2.24, 2.45) is 5.73 Å². The van der Waals surface area contributed by atoms with Gasteiger partial charge < -0.3 is 10.6 Å². The summed E-state index contributed by atoms with van der Waals surface area (Å²) in [6.07, 6.45) is 8.07. The molecular formula is C15H25N3. The van der Waals surface area contributed by atoms with Crippen molar-refractivity contribution in [1.29, 1.82) is 0 Å². The molecule has 0 aliphatic heterocycles. The van der Waals surface area contributed by atoms with Crippen molar-refractivity contribution in [3.8, 4) is 0 Å². The molecule has 0 aromatic carbocycles. The first-order chi connectivity index (χ1) is 8.76. The first-order valence-corrected chi connectivity index (χ1v) is 7.18. The third kappa shape index (κ3) is 3.22. The quantitative estimate of drug-likeness (QED) is 0.805. The molecular weight excluding hydrogens is 222 g/mol. The van der Waals surface area contributed by atoms with Gasteiger partial charge >= 0.3 is 0 Å². The normalized spacial score (nSPS) is 14.8. The van der Waals surface area contributed by atoms with Crippen LogP contribution in [-0.2, 0) is 6.42 Å². The zero-order chi connectivity index (χ0) is 13.0. The first-order valence-electron chi connectivity index (χ1n) is 7.18. The number of pyridine rings is 1. The van der Waals surface area contributed by atoms with Crippen molar-refractivity contribution in [3.63, 3.8) is 0 Å². The Morgan fingerprint density at radius 3 is 2.78 bits per heavy atom. The second kappa shape index (κ2) is 6.19. The molecule has 100 valence electrons. The van der Waals surface area contributed by atoms with E-state index in [1.807, 2.05) is 6.20 Å². The second-order valence-electron chi connectivity index (χ2n) is 5.30. The molecule has 1 heterocycles. The Kier molecular flexibility index (Phi) is 4.59. The third-order valence-electron chi connectivity index (χ3n) is 3.55. The molecule has 0 radical (unpaired) electrons. The summed E-state index contributed by atoms with van der Waals surface area (Å²) < 4.78 is 0. The molecule has 1 saturated carbocycles. The lowest BCUT2D eigenvalue weighted by molar-refractivity contribution is 0.702. The standard InChI is InChI=1S/C15H25N3/c1-3-4-9-18(14-5-6-14)15-12(2)10-13(7-8-16)11-17-15/h10-11,14H,3-9,16H2,1-2H3. The van der Waals surface area contributed by atoms with Gasteiger partial charge in [-0.15, -0.1) is 0 Å². The molecule has 2 rings (SSSR count). The minimum atomic E-state index is 0.697. The van der Waals surface area contributed by atoms with Crippen molar-refractivity contribution in [3.05, 3.63) is 23.4 Å². The SMILES string of the molecule is CCCCN(c1ncc(CCN)cc1C)C1CC1. The van der Waals surface area contributed by atoms with Crippen LogP contribution in [0.2, 0.25) is 0 Å². The van der Waals surface area contributed by atoms with Crippen LogP contribution in [0.5, 0.6) is 0 Å². The first kappa shape index (κ1) is 13.3. The highest BCUT2D eigenvalue weighted by molar-refractivity contribution is 5.49. The topological polar surface area (TPSA) is 42.2 Å². The molecule has 18 heavy (non-hydrogen) atoms. The van der Waals surface area contributed by atoms with Crippen molar-refractivity contribution in [2.75, 3.05) is 18.0 Å². The lowest BCUT2D eigenvalue weighted by atomic mass is 10.1. The Morgan fingerprint density at radius 1 is 1.44 bits per heavy atom. The smallest absolute Gasteiger partial charge is 0.131 e. The van der Waals surface area contributed by atoms with E-state index in [1.165, 1.54) is 42.6 Å². The van der Waals surface area contributed by atoms with Gasteiger partial charge in [0.05, 0.1) is 0 Å². The second-order valence-corrected chi connectivity index (χ2v) is 5.30. The average Bonchev–Trinajstić information content (AvgIpc) is 3.17. The fraction of sp³-hybridized carbons (Fsp3) is 0.667. The maximum absolute atomic E-state index is 5.59. The van der Waals surface area contributed by atoms with E-state index in [0.29, 0.717) is 6.54 Å². The van der Waals surface area contributed by atoms with Crippen LogP contribution in [-0.4, -0.2) is 24.1 Å². The van der Waals surface area contributed by atoms with Gasteiger partial charge in [0.25, 0.3) is 0 Å². The number of aryl methyl sites for hydroxylation is 1. The Labute approximate surface area is 110 Å². The summed E-state index contributed by atoms with van der Waals surface area (Å²) in [6, 6.07) is 2.99. The van der Waals surface area contributed by atoms with Crippen molar-refractivity contribution >= 4 is 5.82 Å². The van der Waals surface area contributed by atoms with E-state index in [1.54, 1.807) is 0 Å². The van der Waals surface area contributed by atoms with E-state index in [0.717, 1.165) is 19.0 Å². The summed E-state index contributed by atoms with van der Waals surface area (Å²) in [6.45, 7) is 6.26. The number of nitrogens with two attached hydrogens (primary N) is 1. The fourth-order valence-electron chi connectivity index (χ4n) is 2.41. The molecule has 1 aliphatic rings. The lowest BCUT2D eigenvalue weighted by Gasteiger charge is -2.25. The molecule has 1 aliphatic carbocycles. The molecule has 0 saturated heterocycles. The van der Waals surface area contributed by atoms with Crippen molar-refractivity contribution in [2.45, 2.75) is 52.0 Å². The number of aromatic nitrogens is 1. The van der Waals surface area contributed by atoms with Gasteiger partial charge in [-0.3, -0.25) is 0 Å². The third-order valence-corrected chi connectivity index (χ3v) is 3.55. The highest BCUT2D eigenvalue weighted by Crippen LogP contribution is 2.32. The Balaban J connectivity index is 2.13. The van der Waals surface area contributed by atoms with Gasteiger partial charge in [-0.25, -0.2) is 4.98 Å². The number of hydrogen-bond acceptors (Lipinski definition) is 3. The molecule has 0 atom stereocenters. The van der Waals surface area contributed by atoms with Gasteiger partial charge in [-0.05, 0) is 50.3 Å². The largest absolute Gasteiger partial charge is 0.353 e. The van der Waals surface area contributed by atoms with E-state index in [4.69, 9.17) is 5.73 Å². The van der Waals surface area contributed by atoms with Gasteiger partial charge in [-0.1, -0.05) is 19.4 Å². The molecule has 3 nitrogen and oxygen atoms in total. The van der Waals surface area contributed by atoms with Crippen LogP contribution in [0.15, 0.2) is 12.3 Å². The van der Waals surface area contributed by atoms with Gasteiger partial charge in [0.15, 0.2) is 0 Å². The van der Waals surface area contributed by atoms with Crippen LogP contribution in [0.4, 0.5) is 5.82 Å². The van der Waals surface area contributed by atoms with E-state index >= 15 is 0 Å². The average molecular weight is 247 g/mol. The minimum absolute atomic E-state index is 0.697. The lowest BCUT2D eigenvalue weighted by Crippen LogP contribution is -2.28. The van der Waals surface area contributed by atoms with Gasteiger partial charge in [0.2, 0.25) is 0 Å². The van der Waals surface area contributed by atoms with Crippen LogP contribution in [0.25, 0.3) is 0 Å². The zero-order valence-electron chi connectivity index (χ0n) is 11.7. The maximum atomic E-state index is 5.59. The van der Waals surface area contributed by atoms with Crippen molar-refractivity contribution in [1.82, 2.24) is 4.98 Å². The summed E-state index contributed by atoms with van der Waals surface area (Å²) in [4.78, 5) is 7.19. The monoisotopic (exact) mass is 247 g/mol. The summed E-state index contributed by atoms with van der Waals surface area (Å²) in [5, 5.41) is 0. The fourth-order valence-corrected chi connectivity index (χ4v) is 2.41. The summed E-state index contributed by atoms with van der Waals surface area (Å²) in [5.74, 6) is 1.19. The van der Waals surface area contributed by atoms with E-state index in [-0.39, 0.29) is 0 Å². The minimum Gasteiger partial charge on any atom is -0.353 e. The number of anilines is 1. The highest BCUT2D eigenvalue weighted by Gasteiger charge is 2.30. The molecule has 0 bridgehead atoms. The van der Waals surface area contributed by atoms with E-state index in [2.05, 4.69) is 29.8 Å². The molecule has 1 aromatic rings. The van der Waals surface area contributed by atoms with Crippen molar-refractivity contribution < 1.29 is 0 Å². The van der Waals surface area contributed by atoms with E-state index < -0.39 is 0 Å². The molecule has 0 amide bonds. The highest BCUT2D eigenvalue weighted by atomic mass is 15.2. The summed E-state index contributed by atoms with van der Waals surface area (Å²) in [7, 11) is 0. The molecule has 3 heteroatoms. The molecule has 0 spiro atoms. The summed E-state index contributed by atoms with van der Waals surface area (Å²) in [5.41, 5.74) is 8.14. The van der Waals surface area contributed by atoms with Crippen LogP contribution in [0.3, 0.4) is 0 Å². The molecule has 2 N–H and O–H groups in total. The molecule has 1 aromatic heterocycles. The van der Waals surface area contributed by atoms with Crippen LogP contribution in [0, 0.1) is 6.92 Å². The van der Waals surface area contributed by atoms with Crippen LogP contribution >= 0.6 is 0 Å². The Bertz CT molecular complexity index is 385. The predicted molar refractivity (Wildman–Crippen MR) is 77.0 cm³/mol. The van der Waals surface area contributed by atoms with Gasteiger partial charge in [0.1, 0.15) is 5.82 Å². The van der Waals surface area contributed by atoms with Crippen LogP contribution < -0.4 is 10.6 Å². The van der Waals surface area contributed by atoms with Gasteiger partial charge in [-0.2, -0.15) is 0 Å². The number of unbranched alkanes of at least 4 members (excludes halogenated alkanes) is 1. The maximum Gasteiger partial charge on any atom is 0.131 e. The number of rotatable bonds is 7. The zero-order valence-corrected chi connectivity index (χ0v) is 11.7. The van der Waals surface area contributed by atoms with Gasteiger partial charge in [0, 0.05) is 18.8 Å². The number of hydrogen-bond donors (Lipinski definition) is 1. The Morgan fingerprint density at radius 2 is 2.22 bits per heavy atom. The van der Waals surface area contributed by atoms with Crippen LogP contribution in [0.1, 0.15) is 43.7 Å². The predicted octanol–water partition coefficient (Wildman–Crippen LogP) is 2.66. The van der Waals surface area contributed by atoms with E-state index in [9.17, 15) is 0 Å². The summed E-state index contributed by atoms with van der Waals surface area (Å²) >= 11 is 0. The Hall–Kier alpha value is -1.09.